The van der Waals surface area contributed by atoms with E-state index in [4.69, 9.17) is 4.99 Å². The van der Waals surface area contributed by atoms with E-state index in [0.29, 0.717) is 12.4 Å². The quantitative estimate of drug-likeness (QED) is 0.253. The van der Waals surface area contributed by atoms with E-state index in [9.17, 15) is 4.39 Å². The number of benzene rings is 1. The highest BCUT2D eigenvalue weighted by molar-refractivity contribution is 6.10. The molecule has 5 nitrogen and oxygen atoms in total. The summed E-state index contributed by atoms with van der Waals surface area (Å²) in [6.45, 7) is 16.3. The van der Waals surface area contributed by atoms with Gasteiger partial charge in [-0.05, 0) is 72.3 Å². The maximum Gasteiger partial charge on any atom is 0.127 e. The number of hydrogen-bond donors (Lipinski definition) is 1. The average Bonchev–Trinajstić information content (AvgIpc) is 2.84. The normalized spacial score (nSPS) is 13.7. The van der Waals surface area contributed by atoms with Crippen LogP contribution in [0.2, 0.25) is 0 Å². The molecular weight excluding hydrogens is 449 g/mol. The maximum atomic E-state index is 13.8. The van der Waals surface area contributed by atoms with Crippen molar-refractivity contribution in [3.63, 3.8) is 0 Å². The summed E-state index contributed by atoms with van der Waals surface area (Å²) >= 11 is 0. The van der Waals surface area contributed by atoms with Gasteiger partial charge >= 0.3 is 0 Å². The SMILES string of the molecule is C=C/C=C(\C=C/N(C)C(CC)c1cccc(F)c1)C(/C=C\N=C)=NCNc1cc(C(C)(C)C)ccn1. The maximum absolute atomic E-state index is 13.8. The Labute approximate surface area is 215 Å². The molecule has 1 aromatic heterocycles. The van der Waals surface area contributed by atoms with Gasteiger partial charge in [0.1, 0.15) is 18.3 Å². The minimum absolute atomic E-state index is 0.0325. The Morgan fingerprint density at radius 3 is 2.64 bits per heavy atom. The van der Waals surface area contributed by atoms with Crippen molar-refractivity contribution in [3.8, 4) is 0 Å². The molecule has 0 saturated carbocycles. The monoisotopic (exact) mass is 487 g/mol. The first-order chi connectivity index (χ1) is 17.2. The average molecular weight is 488 g/mol. The zero-order valence-corrected chi connectivity index (χ0v) is 22.1. The number of aliphatic imine (C=N–C) groups is 2. The molecule has 0 fully saturated rings. The van der Waals surface area contributed by atoms with Gasteiger partial charge in [-0.2, -0.15) is 0 Å². The van der Waals surface area contributed by atoms with Crippen LogP contribution in [0.15, 0.2) is 101 Å². The van der Waals surface area contributed by atoms with E-state index >= 15 is 0 Å². The summed E-state index contributed by atoms with van der Waals surface area (Å²) in [5.74, 6) is 0.531. The van der Waals surface area contributed by atoms with Gasteiger partial charge in [0.25, 0.3) is 0 Å². The van der Waals surface area contributed by atoms with E-state index in [-0.39, 0.29) is 17.3 Å². The van der Waals surface area contributed by atoms with Crippen LogP contribution in [-0.4, -0.2) is 36.0 Å². The summed E-state index contributed by atoms with van der Waals surface area (Å²) in [7, 11) is 1.98. The first-order valence-electron chi connectivity index (χ1n) is 12.1. The minimum Gasteiger partial charge on any atom is -0.373 e. The van der Waals surface area contributed by atoms with Crippen LogP contribution in [-0.2, 0) is 5.41 Å². The molecule has 0 saturated heterocycles. The molecule has 0 radical (unpaired) electrons. The van der Waals surface area contributed by atoms with Gasteiger partial charge < -0.3 is 10.2 Å². The third kappa shape index (κ3) is 8.77. The molecule has 36 heavy (non-hydrogen) atoms. The van der Waals surface area contributed by atoms with E-state index in [2.05, 4.69) is 61.2 Å². The third-order valence-corrected chi connectivity index (χ3v) is 5.67. The number of anilines is 1. The highest BCUT2D eigenvalue weighted by Gasteiger charge is 2.15. The zero-order valence-electron chi connectivity index (χ0n) is 22.1. The van der Waals surface area contributed by atoms with Crippen molar-refractivity contribution in [2.24, 2.45) is 9.98 Å². The van der Waals surface area contributed by atoms with Crippen molar-refractivity contribution in [3.05, 3.63) is 108 Å². The van der Waals surface area contributed by atoms with Gasteiger partial charge in [-0.1, -0.05) is 58.6 Å². The lowest BCUT2D eigenvalue weighted by atomic mass is 9.88. The summed E-state index contributed by atoms with van der Waals surface area (Å²) in [6, 6.07) is 10.8. The molecule has 0 spiro atoms. The highest BCUT2D eigenvalue weighted by atomic mass is 19.1. The Kier molecular flexibility index (Phi) is 11.0. The first kappa shape index (κ1) is 28.4. The molecule has 1 aromatic carbocycles. The zero-order chi connectivity index (χ0) is 26.6. The molecule has 1 unspecified atom stereocenters. The number of aromatic nitrogens is 1. The number of rotatable bonds is 12. The van der Waals surface area contributed by atoms with Gasteiger partial charge in [-0.25, -0.2) is 9.37 Å². The molecule has 0 bridgehead atoms. The van der Waals surface area contributed by atoms with Crippen LogP contribution in [0, 0.1) is 5.82 Å². The molecule has 2 aromatic rings. The van der Waals surface area contributed by atoms with Gasteiger partial charge in [0.15, 0.2) is 0 Å². The number of pyridine rings is 1. The molecular formula is C30H38FN5. The van der Waals surface area contributed by atoms with E-state index < -0.39 is 0 Å². The highest BCUT2D eigenvalue weighted by Crippen LogP contribution is 2.25. The van der Waals surface area contributed by atoms with Crippen molar-refractivity contribution in [2.75, 3.05) is 19.0 Å². The molecule has 6 heteroatoms. The third-order valence-electron chi connectivity index (χ3n) is 5.67. The Balaban J connectivity index is 2.25. The van der Waals surface area contributed by atoms with Gasteiger partial charge in [-0.15, -0.1) is 0 Å². The molecule has 0 aliphatic rings. The van der Waals surface area contributed by atoms with Gasteiger partial charge in [-0.3, -0.25) is 9.98 Å². The largest absolute Gasteiger partial charge is 0.373 e. The standard InChI is InChI=1S/C30H38FN5/c1-8-11-23(16-19-36(7)28(9-2)24-12-10-13-26(31)20-24)27(15-17-32-6)34-22-35-29-21-25(14-18-33-29)30(3,4)5/h8,10-21,28H,1,6,9,22H2,2-5,7H3,(H,33,35)/b17-15-,19-16-,23-11+,34-27?. The summed E-state index contributed by atoms with van der Waals surface area (Å²) in [4.78, 5) is 15.1. The van der Waals surface area contributed by atoms with Crippen LogP contribution < -0.4 is 5.32 Å². The van der Waals surface area contributed by atoms with E-state index in [0.717, 1.165) is 23.4 Å². The van der Waals surface area contributed by atoms with Crippen molar-refractivity contribution in [1.82, 2.24) is 9.88 Å². The van der Waals surface area contributed by atoms with Crippen molar-refractivity contribution in [1.29, 1.82) is 0 Å². The molecule has 190 valence electrons. The number of nitrogens with zero attached hydrogens (tertiary/aromatic N) is 4. The predicted molar refractivity (Wildman–Crippen MR) is 152 cm³/mol. The summed E-state index contributed by atoms with van der Waals surface area (Å²) in [5.41, 5.74) is 3.72. The van der Waals surface area contributed by atoms with Gasteiger partial charge in [0, 0.05) is 25.0 Å². The molecule has 2 rings (SSSR count). The fourth-order valence-corrected chi connectivity index (χ4v) is 3.69. The lowest BCUT2D eigenvalue weighted by Gasteiger charge is -2.26. The van der Waals surface area contributed by atoms with Crippen LogP contribution in [0.5, 0.6) is 0 Å². The molecule has 0 aliphatic carbocycles. The molecule has 1 heterocycles. The van der Waals surface area contributed by atoms with Gasteiger partial charge in [0.2, 0.25) is 0 Å². The molecule has 0 amide bonds. The van der Waals surface area contributed by atoms with Gasteiger partial charge in [0.05, 0.1) is 11.8 Å². The van der Waals surface area contributed by atoms with Crippen molar-refractivity contribution in [2.45, 2.75) is 45.6 Å². The number of nitrogens with one attached hydrogen (secondary N) is 1. The van der Waals surface area contributed by atoms with Crippen LogP contribution in [0.3, 0.4) is 0 Å². The minimum atomic E-state index is -0.234. The van der Waals surface area contributed by atoms with Crippen LogP contribution >= 0.6 is 0 Å². The number of halogens is 1. The predicted octanol–water partition coefficient (Wildman–Crippen LogP) is 7.25. The van der Waals surface area contributed by atoms with E-state index in [1.807, 2.05) is 43.6 Å². The van der Waals surface area contributed by atoms with E-state index in [1.54, 1.807) is 36.7 Å². The Morgan fingerprint density at radius 2 is 2.00 bits per heavy atom. The fraction of sp³-hybridized carbons (Fsp3) is 0.300. The fourth-order valence-electron chi connectivity index (χ4n) is 3.69. The van der Waals surface area contributed by atoms with E-state index in [1.165, 1.54) is 11.6 Å². The Bertz CT molecular complexity index is 1140. The molecule has 1 atom stereocenters. The molecule has 0 aliphatic heterocycles. The number of allylic oxidation sites excluding steroid dienone is 5. The summed E-state index contributed by atoms with van der Waals surface area (Å²) in [6.07, 6.45) is 13.6. The summed E-state index contributed by atoms with van der Waals surface area (Å²) in [5, 5.41) is 3.28. The van der Waals surface area contributed by atoms with Crippen molar-refractivity contribution >= 4 is 18.2 Å². The lowest BCUT2D eigenvalue weighted by Crippen LogP contribution is -2.18. The number of hydrogen-bond acceptors (Lipinski definition) is 5. The van der Waals surface area contributed by atoms with Crippen LogP contribution in [0.25, 0.3) is 0 Å². The summed E-state index contributed by atoms with van der Waals surface area (Å²) < 4.78 is 13.8. The second kappa shape index (κ2) is 13.9. The Hall–Kier alpha value is -3.80. The van der Waals surface area contributed by atoms with Crippen LogP contribution in [0.4, 0.5) is 10.2 Å². The van der Waals surface area contributed by atoms with Crippen molar-refractivity contribution < 1.29 is 4.39 Å². The second-order valence-electron chi connectivity index (χ2n) is 9.37. The van der Waals surface area contributed by atoms with Crippen LogP contribution in [0.1, 0.15) is 51.3 Å². The topological polar surface area (TPSA) is 52.9 Å². The first-order valence-corrected chi connectivity index (χ1v) is 12.1. The molecule has 1 N–H and O–H groups in total. The second-order valence-corrected chi connectivity index (χ2v) is 9.37. The Morgan fingerprint density at radius 1 is 1.22 bits per heavy atom. The smallest absolute Gasteiger partial charge is 0.127 e. The lowest BCUT2D eigenvalue weighted by molar-refractivity contribution is 0.327.